The third-order valence-corrected chi connectivity index (χ3v) is 4.65. The number of carbonyl (C=O) groups is 2. The van der Waals surface area contributed by atoms with Gasteiger partial charge in [0.25, 0.3) is 11.8 Å². The number of anilines is 1. The Balaban J connectivity index is 1.47. The van der Waals surface area contributed by atoms with E-state index in [1.54, 1.807) is 19.1 Å². The number of hydrazine groups is 1. The van der Waals surface area contributed by atoms with Crippen LogP contribution in [0.3, 0.4) is 0 Å². The molecule has 0 aliphatic carbocycles. The fraction of sp³-hybridized carbons (Fsp3) is 0.318. The summed E-state index contributed by atoms with van der Waals surface area (Å²) < 4.78 is 0. The van der Waals surface area contributed by atoms with Crippen molar-refractivity contribution in [2.75, 3.05) is 25.1 Å². The van der Waals surface area contributed by atoms with Crippen molar-refractivity contribution in [1.29, 1.82) is 0 Å². The molecule has 0 spiro atoms. The van der Waals surface area contributed by atoms with Gasteiger partial charge in [-0.2, -0.15) is 0 Å². The molecule has 29 heavy (non-hydrogen) atoms. The summed E-state index contributed by atoms with van der Waals surface area (Å²) in [7, 11) is 2.06. The Bertz CT molecular complexity index is 854. The van der Waals surface area contributed by atoms with E-state index in [1.165, 1.54) is 10.6 Å². The second kappa shape index (κ2) is 9.84. The molecule has 2 aromatic rings. The van der Waals surface area contributed by atoms with Crippen molar-refractivity contribution >= 4 is 23.3 Å². The zero-order valence-corrected chi connectivity index (χ0v) is 16.8. The molecule has 7 nitrogen and oxygen atoms in total. The zero-order valence-electron chi connectivity index (χ0n) is 16.8. The first-order valence-electron chi connectivity index (χ1n) is 9.79. The molecule has 0 radical (unpaired) electrons. The zero-order chi connectivity index (χ0) is 20.6. The van der Waals surface area contributed by atoms with Gasteiger partial charge in [-0.25, -0.2) is 10.0 Å². The Morgan fingerprint density at radius 2 is 1.79 bits per heavy atom. The topological polar surface area (TPSA) is 77.0 Å². The lowest BCUT2D eigenvalue weighted by molar-refractivity contribution is -0.120. The smallest absolute Gasteiger partial charge is 0.288 e. The van der Waals surface area contributed by atoms with Crippen LogP contribution >= 0.6 is 0 Å². The molecule has 0 saturated carbocycles. The van der Waals surface area contributed by atoms with Crippen molar-refractivity contribution < 1.29 is 9.59 Å². The molecule has 0 bridgehead atoms. The fourth-order valence-corrected chi connectivity index (χ4v) is 3.11. The van der Waals surface area contributed by atoms with E-state index in [2.05, 4.69) is 39.8 Å². The lowest BCUT2D eigenvalue weighted by Crippen LogP contribution is -2.58. The van der Waals surface area contributed by atoms with Crippen molar-refractivity contribution in [3.8, 4) is 0 Å². The molecule has 1 atom stereocenters. The molecule has 1 aliphatic heterocycles. The van der Waals surface area contributed by atoms with Crippen LogP contribution in [-0.2, 0) is 16.1 Å². The van der Waals surface area contributed by atoms with E-state index in [1.807, 2.05) is 36.4 Å². The van der Waals surface area contributed by atoms with Gasteiger partial charge in [0.1, 0.15) is 6.04 Å². The van der Waals surface area contributed by atoms with E-state index in [9.17, 15) is 9.59 Å². The first kappa shape index (κ1) is 20.5. The van der Waals surface area contributed by atoms with Gasteiger partial charge in [-0.15, -0.1) is 0 Å². The van der Waals surface area contributed by atoms with Crippen LogP contribution in [0, 0.1) is 0 Å². The average Bonchev–Trinajstić information content (AvgIpc) is 2.74. The highest BCUT2D eigenvalue weighted by Gasteiger charge is 2.30. The molecule has 2 amide bonds. The Morgan fingerprint density at radius 1 is 1.14 bits per heavy atom. The number of rotatable bonds is 8. The predicted octanol–water partition coefficient (Wildman–Crippen LogP) is 1.96. The van der Waals surface area contributed by atoms with Crippen molar-refractivity contribution in [2.24, 2.45) is 4.99 Å². The maximum absolute atomic E-state index is 12.5. The SMILES string of the molecule is CC1N=C(C(=O)NCCCN(C)Cc2ccccc2)NN(c2ccccc2)C1=O. The highest BCUT2D eigenvalue weighted by Crippen LogP contribution is 2.15. The number of carbonyl (C=O) groups excluding carboxylic acids is 2. The molecule has 3 rings (SSSR count). The summed E-state index contributed by atoms with van der Waals surface area (Å²) in [6, 6.07) is 18.8. The molecule has 0 aromatic heterocycles. The number of hydrogen-bond donors (Lipinski definition) is 2. The fourth-order valence-electron chi connectivity index (χ4n) is 3.11. The van der Waals surface area contributed by atoms with Gasteiger partial charge in [0.05, 0.1) is 5.69 Å². The van der Waals surface area contributed by atoms with Crippen LogP contribution in [-0.4, -0.2) is 48.7 Å². The first-order chi connectivity index (χ1) is 14.0. The summed E-state index contributed by atoms with van der Waals surface area (Å²) in [5.41, 5.74) is 4.78. The molecule has 1 unspecified atom stereocenters. The molecule has 0 saturated heterocycles. The monoisotopic (exact) mass is 393 g/mol. The van der Waals surface area contributed by atoms with Gasteiger partial charge < -0.3 is 10.2 Å². The van der Waals surface area contributed by atoms with Crippen molar-refractivity contribution in [2.45, 2.75) is 25.9 Å². The molecule has 0 fully saturated rings. The van der Waals surface area contributed by atoms with E-state index in [4.69, 9.17) is 0 Å². The summed E-state index contributed by atoms with van der Waals surface area (Å²) in [6.45, 7) is 3.95. The third-order valence-electron chi connectivity index (χ3n) is 4.65. The number of amides is 2. The van der Waals surface area contributed by atoms with Crippen LogP contribution in [0.1, 0.15) is 18.9 Å². The largest absolute Gasteiger partial charge is 0.349 e. The summed E-state index contributed by atoms with van der Waals surface area (Å²) >= 11 is 0. The lowest BCUT2D eigenvalue weighted by Gasteiger charge is -2.30. The van der Waals surface area contributed by atoms with Gasteiger partial charge in [0, 0.05) is 13.1 Å². The highest BCUT2D eigenvalue weighted by molar-refractivity contribution is 6.39. The van der Waals surface area contributed by atoms with Crippen LogP contribution in [0.4, 0.5) is 5.69 Å². The molecular weight excluding hydrogens is 366 g/mol. The molecule has 1 heterocycles. The number of benzene rings is 2. The van der Waals surface area contributed by atoms with E-state index in [0.29, 0.717) is 12.2 Å². The van der Waals surface area contributed by atoms with Crippen LogP contribution in [0.5, 0.6) is 0 Å². The van der Waals surface area contributed by atoms with Crippen molar-refractivity contribution in [1.82, 2.24) is 15.6 Å². The minimum Gasteiger partial charge on any atom is -0.349 e. The third kappa shape index (κ3) is 5.65. The average molecular weight is 393 g/mol. The normalized spacial score (nSPS) is 16.4. The second-order valence-electron chi connectivity index (χ2n) is 7.11. The first-order valence-corrected chi connectivity index (χ1v) is 9.79. The van der Waals surface area contributed by atoms with Crippen molar-refractivity contribution in [3.63, 3.8) is 0 Å². The predicted molar refractivity (Wildman–Crippen MR) is 114 cm³/mol. The van der Waals surface area contributed by atoms with E-state index in [0.717, 1.165) is 19.5 Å². The molecule has 2 N–H and O–H groups in total. The second-order valence-corrected chi connectivity index (χ2v) is 7.11. The number of aliphatic imine (C=N–C) groups is 1. The number of nitrogens with zero attached hydrogens (tertiary/aromatic N) is 3. The number of nitrogens with one attached hydrogen (secondary N) is 2. The molecule has 1 aliphatic rings. The molecule has 7 heteroatoms. The summed E-state index contributed by atoms with van der Waals surface area (Å²) in [6.07, 6.45) is 0.819. The van der Waals surface area contributed by atoms with Crippen LogP contribution in [0.15, 0.2) is 65.7 Å². The minimum absolute atomic E-state index is 0.151. The van der Waals surface area contributed by atoms with Gasteiger partial charge in [0.2, 0.25) is 5.84 Å². The Morgan fingerprint density at radius 3 is 2.48 bits per heavy atom. The maximum atomic E-state index is 12.5. The highest BCUT2D eigenvalue weighted by atomic mass is 16.2. The Labute approximate surface area is 171 Å². The molecular formula is C22H27N5O2. The quantitative estimate of drug-likeness (QED) is 0.672. The maximum Gasteiger partial charge on any atom is 0.288 e. The van der Waals surface area contributed by atoms with Crippen LogP contribution < -0.4 is 15.8 Å². The standard InChI is InChI=1S/C22H27N5O2/c1-17-22(29)27(19-12-7-4-8-13-19)25-20(24-17)21(28)23-14-9-15-26(2)16-18-10-5-3-6-11-18/h3-8,10-13,17H,9,14-16H2,1-2H3,(H,23,28)(H,24,25). The van der Waals surface area contributed by atoms with E-state index in [-0.39, 0.29) is 17.6 Å². The van der Waals surface area contributed by atoms with Crippen LogP contribution in [0.2, 0.25) is 0 Å². The summed E-state index contributed by atoms with van der Waals surface area (Å²) in [5, 5.41) is 4.26. The van der Waals surface area contributed by atoms with E-state index >= 15 is 0 Å². The van der Waals surface area contributed by atoms with Gasteiger partial charge >= 0.3 is 0 Å². The number of para-hydroxylation sites is 1. The van der Waals surface area contributed by atoms with Gasteiger partial charge in [-0.05, 0) is 44.6 Å². The summed E-state index contributed by atoms with van der Waals surface area (Å²) in [4.78, 5) is 31.3. The van der Waals surface area contributed by atoms with E-state index < -0.39 is 6.04 Å². The minimum atomic E-state index is -0.616. The van der Waals surface area contributed by atoms with Gasteiger partial charge in [-0.1, -0.05) is 48.5 Å². The molecule has 2 aromatic carbocycles. The number of hydrogen-bond acceptors (Lipinski definition) is 5. The van der Waals surface area contributed by atoms with Crippen LogP contribution in [0.25, 0.3) is 0 Å². The van der Waals surface area contributed by atoms with Gasteiger partial charge in [0.15, 0.2) is 0 Å². The van der Waals surface area contributed by atoms with Gasteiger partial charge in [-0.3, -0.25) is 15.0 Å². The Kier molecular flexibility index (Phi) is 6.97. The van der Waals surface area contributed by atoms with Crippen molar-refractivity contribution in [3.05, 3.63) is 66.2 Å². The molecule has 152 valence electrons. The number of amidine groups is 1. The Hall–Kier alpha value is -3.19. The lowest BCUT2D eigenvalue weighted by atomic mass is 10.2. The summed E-state index contributed by atoms with van der Waals surface area (Å²) in [5.74, 6) is -0.357.